The van der Waals surface area contributed by atoms with Crippen molar-refractivity contribution in [2.45, 2.75) is 25.4 Å². The molecule has 7 heteroatoms. The van der Waals surface area contributed by atoms with Crippen LogP contribution in [-0.4, -0.2) is 39.7 Å². The number of carbonyl (C=O) groups excluding carboxylic acids is 1. The van der Waals surface area contributed by atoms with Gasteiger partial charge in [0.05, 0.1) is 12.7 Å². The van der Waals surface area contributed by atoms with Crippen molar-refractivity contribution in [2.75, 3.05) is 19.4 Å². The molecular formula is C19H21N5OS. The highest BCUT2D eigenvalue weighted by Crippen LogP contribution is 2.39. The fourth-order valence-electron chi connectivity index (χ4n) is 3.33. The molecule has 1 aliphatic rings. The summed E-state index contributed by atoms with van der Waals surface area (Å²) in [5.41, 5.74) is 3.48. The Bertz CT molecular complexity index is 915. The van der Waals surface area contributed by atoms with Crippen molar-refractivity contribution in [3.05, 3.63) is 63.7 Å². The molecule has 26 heavy (non-hydrogen) atoms. The summed E-state index contributed by atoms with van der Waals surface area (Å²) >= 11 is 1.72. The van der Waals surface area contributed by atoms with Gasteiger partial charge in [-0.1, -0.05) is 0 Å². The van der Waals surface area contributed by atoms with Gasteiger partial charge in [0.15, 0.2) is 0 Å². The van der Waals surface area contributed by atoms with Gasteiger partial charge in [0, 0.05) is 41.7 Å². The van der Waals surface area contributed by atoms with Crippen molar-refractivity contribution < 1.29 is 4.79 Å². The first-order valence-electron chi connectivity index (χ1n) is 8.56. The van der Waals surface area contributed by atoms with Crippen LogP contribution in [0.15, 0.2) is 42.2 Å². The zero-order chi connectivity index (χ0) is 18.1. The molecule has 1 atom stereocenters. The number of amides is 1. The molecule has 0 unspecified atom stereocenters. The second-order valence-electron chi connectivity index (χ2n) is 6.86. The molecule has 0 bridgehead atoms. The van der Waals surface area contributed by atoms with Gasteiger partial charge >= 0.3 is 0 Å². The molecular weight excluding hydrogens is 346 g/mol. The van der Waals surface area contributed by atoms with Crippen molar-refractivity contribution in [2.24, 2.45) is 0 Å². The van der Waals surface area contributed by atoms with E-state index >= 15 is 0 Å². The van der Waals surface area contributed by atoms with Crippen LogP contribution in [-0.2, 0) is 17.9 Å². The number of hydrogen-bond donors (Lipinski definition) is 1. The normalized spacial score (nSPS) is 16.6. The molecule has 0 aliphatic carbocycles. The van der Waals surface area contributed by atoms with Gasteiger partial charge in [-0.05, 0) is 48.8 Å². The Morgan fingerprint density at radius 1 is 1.31 bits per heavy atom. The van der Waals surface area contributed by atoms with Crippen LogP contribution in [0.2, 0.25) is 0 Å². The smallest absolute Gasteiger partial charge is 0.226 e. The lowest BCUT2D eigenvalue weighted by atomic mass is 9.92. The van der Waals surface area contributed by atoms with E-state index in [1.54, 1.807) is 23.7 Å². The van der Waals surface area contributed by atoms with E-state index in [0.717, 1.165) is 23.5 Å². The maximum atomic E-state index is 12.3. The zero-order valence-corrected chi connectivity index (χ0v) is 15.7. The van der Waals surface area contributed by atoms with Gasteiger partial charge in [-0.15, -0.1) is 11.3 Å². The molecule has 3 aromatic heterocycles. The average Bonchev–Trinajstić information content (AvgIpc) is 3.22. The monoisotopic (exact) mass is 367 g/mol. The van der Waals surface area contributed by atoms with Crippen molar-refractivity contribution >= 4 is 23.1 Å². The largest absolute Gasteiger partial charge is 0.311 e. The summed E-state index contributed by atoms with van der Waals surface area (Å²) in [7, 11) is 4.12. The molecule has 4 rings (SSSR count). The van der Waals surface area contributed by atoms with Crippen LogP contribution in [0.1, 0.15) is 33.9 Å². The molecule has 1 amide bonds. The van der Waals surface area contributed by atoms with Gasteiger partial charge in [0.1, 0.15) is 5.82 Å². The van der Waals surface area contributed by atoms with E-state index in [-0.39, 0.29) is 11.8 Å². The second kappa shape index (κ2) is 7.01. The van der Waals surface area contributed by atoms with Crippen molar-refractivity contribution in [3.63, 3.8) is 0 Å². The van der Waals surface area contributed by atoms with Crippen LogP contribution in [0.3, 0.4) is 0 Å². The number of fused-ring (bicyclic) bond motifs is 1. The van der Waals surface area contributed by atoms with E-state index in [0.29, 0.717) is 13.0 Å². The third kappa shape index (κ3) is 3.40. The Labute approximate surface area is 156 Å². The van der Waals surface area contributed by atoms with E-state index in [1.165, 1.54) is 10.4 Å². The fraction of sp³-hybridized carbons (Fsp3) is 0.316. The number of thiophene rings is 1. The van der Waals surface area contributed by atoms with Gasteiger partial charge in [0.2, 0.25) is 5.91 Å². The summed E-state index contributed by atoms with van der Waals surface area (Å²) in [6.07, 6.45) is 5.90. The first-order valence-corrected chi connectivity index (χ1v) is 9.44. The topological polar surface area (TPSA) is 63.1 Å². The minimum Gasteiger partial charge on any atom is -0.311 e. The van der Waals surface area contributed by atoms with E-state index in [2.05, 4.69) is 45.8 Å². The predicted octanol–water partition coefficient (Wildman–Crippen LogP) is 2.92. The number of anilines is 1. The molecule has 0 radical (unpaired) electrons. The maximum Gasteiger partial charge on any atom is 0.226 e. The van der Waals surface area contributed by atoms with E-state index in [4.69, 9.17) is 0 Å². The predicted molar refractivity (Wildman–Crippen MR) is 102 cm³/mol. The summed E-state index contributed by atoms with van der Waals surface area (Å²) in [5.74, 6) is 0.929. The van der Waals surface area contributed by atoms with Crippen LogP contribution >= 0.6 is 11.3 Å². The first-order chi connectivity index (χ1) is 12.6. The molecule has 1 aliphatic heterocycles. The molecule has 134 valence electrons. The van der Waals surface area contributed by atoms with Crippen LogP contribution in [0.25, 0.3) is 0 Å². The number of aromatic nitrogens is 3. The van der Waals surface area contributed by atoms with Gasteiger partial charge in [0.25, 0.3) is 0 Å². The molecule has 0 aromatic carbocycles. The van der Waals surface area contributed by atoms with E-state index in [9.17, 15) is 4.79 Å². The number of nitrogens with one attached hydrogen (secondary N) is 1. The molecule has 0 spiro atoms. The van der Waals surface area contributed by atoms with Crippen LogP contribution < -0.4 is 5.32 Å². The summed E-state index contributed by atoms with van der Waals surface area (Å²) in [5, 5.41) is 9.73. The lowest BCUT2D eigenvalue weighted by Crippen LogP contribution is -2.24. The van der Waals surface area contributed by atoms with Crippen molar-refractivity contribution in [3.8, 4) is 0 Å². The van der Waals surface area contributed by atoms with Gasteiger partial charge in [-0.3, -0.25) is 9.78 Å². The molecule has 3 aromatic rings. The first kappa shape index (κ1) is 16.9. The second-order valence-corrected chi connectivity index (χ2v) is 7.80. The van der Waals surface area contributed by atoms with E-state index in [1.807, 2.05) is 23.0 Å². The number of hydrogen-bond acceptors (Lipinski definition) is 5. The summed E-state index contributed by atoms with van der Waals surface area (Å²) in [6, 6.07) is 6.14. The zero-order valence-electron chi connectivity index (χ0n) is 14.8. The van der Waals surface area contributed by atoms with Crippen molar-refractivity contribution in [1.82, 2.24) is 19.7 Å². The summed E-state index contributed by atoms with van der Waals surface area (Å²) in [6.45, 7) is 1.52. The quantitative estimate of drug-likeness (QED) is 0.753. The number of rotatable bonds is 5. The highest BCUT2D eigenvalue weighted by Gasteiger charge is 2.30. The van der Waals surface area contributed by atoms with Crippen LogP contribution in [0.5, 0.6) is 0 Å². The molecule has 0 saturated carbocycles. The van der Waals surface area contributed by atoms with Crippen molar-refractivity contribution in [1.29, 1.82) is 0 Å². The highest BCUT2D eigenvalue weighted by molar-refractivity contribution is 7.10. The summed E-state index contributed by atoms with van der Waals surface area (Å²) in [4.78, 5) is 19.8. The summed E-state index contributed by atoms with van der Waals surface area (Å²) < 4.78 is 1.86. The lowest BCUT2D eigenvalue weighted by Gasteiger charge is -2.22. The molecule has 0 saturated heterocycles. The van der Waals surface area contributed by atoms with Crippen LogP contribution in [0.4, 0.5) is 5.82 Å². The molecule has 6 nitrogen and oxygen atoms in total. The Kier molecular flexibility index (Phi) is 4.57. The Morgan fingerprint density at radius 3 is 2.88 bits per heavy atom. The standard InChI is InChI=1S/C19H21N5OS/c1-23(2)10-14-7-17(26-12-14)15-8-18(25)22-19-16(15)9-21-24(19)11-13-3-5-20-6-4-13/h3-7,9,12,15H,8,10-11H2,1-2H3,(H,22,25)/t15-/m1/s1. The Balaban J connectivity index is 1.64. The minimum atomic E-state index is 0.0431. The third-order valence-electron chi connectivity index (χ3n) is 4.49. The molecule has 4 heterocycles. The highest BCUT2D eigenvalue weighted by atomic mass is 32.1. The average molecular weight is 367 g/mol. The maximum absolute atomic E-state index is 12.3. The Hall–Kier alpha value is -2.51. The number of nitrogens with zero attached hydrogens (tertiary/aromatic N) is 4. The van der Waals surface area contributed by atoms with Crippen LogP contribution in [0, 0.1) is 0 Å². The number of pyridine rings is 1. The van der Waals surface area contributed by atoms with Gasteiger partial charge in [-0.2, -0.15) is 5.10 Å². The van der Waals surface area contributed by atoms with Gasteiger partial charge in [-0.25, -0.2) is 4.68 Å². The van der Waals surface area contributed by atoms with Gasteiger partial charge < -0.3 is 10.2 Å². The van der Waals surface area contributed by atoms with E-state index < -0.39 is 0 Å². The molecule has 1 N–H and O–H groups in total. The Morgan fingerprint density at radius 2 is 2.12 bits per heavy atom. The molecule has 0 fully saturated rings. The fourth-order valence-corrected chi connectivity index (χ4v) is 4.35. The lowest BCUT2D eigenvalue weighted by molar-refractivity contribution is -0.116. The number of carbonyl (C=O) groups is 1. The SMILES string of the molecule is CN(C)Cc1csc([C@@H]2CC(=O)Nc3c2cnn3Cc2ccncc2)c1. The minimum absolute atomic E-state index is 0.0431. The third-order valence-corrected chi connectivity index (χ3v) is 5.58.